The van der Waals surface area contributed by atoms with Gasteiger partial charge in [0.05, 0.1) is 28.4 Å². The summed E-state index contributed by atoms with van der Waals surface area (Å²) in [5, 5.41) is 29.6. The van der Waals surface area contributed by atoms with Crippen molar-refractivity contribution in [2.75, 3.05) is 23.7 Å². The molecule has 0 radical (unpaired) electrons. The number of hydrogen-bond acceptors (Lipinski definition) is 5. The van der Waals surface area contributed by atoms with Crippen molar-refractivity contribution in [1.82, 2.24) is 5.32 Å². The van der Waals surface area contributed by atoms with Gasteiger partial charge in [0.15, 0.2) is 0 Å². The Balaban J connectivity index is 1.35. The van der Waals surface area contributed by atoms with Crippen LogP contribution in [0.1, 0.15) is 55.7 Å². The summed E-state index contributed by atoms with van der Waals surface area (Å²) in [6.07, 6.45) is 2.45. The Morgan fingerprint density at radius 3 is 2.61 bits per heavy atom. The minimum absolute atomic E-state index is 0.172. The molecule has 162 valence electrons. The number of hydrogen-bond donors (Lipinski definition) is 4. The van der Waals surface area contributed by atoms with Gasteiger partial charge in [0, 0.05) is 19.1 Å². The van der Waals surface area contributed by atoms with E-state index in [1.54, 1.807) is 0 Å². The molecule has 4 rings (SSSR count). The first-order valence-corrected chi connectivity index (χ1v) is 11.1. The van der Waals surface area contributed by atoms with E-state index in [0.29, 0.717) is 11.5 Å². The van der Waals surface area contributed by atoms with Gasteiger partial charge in [-0.15, -0.1) is 0 Å². The highest BCUT2D eigenvalue weighted by atomic mass is 16.4. The number of anilines is 2. The Morgan fingerprint density at radius 2 is 2.00 bits per heavy atom. The quantitative estimate of drug-likeness (QED) is 0.542. The molecule has 0 spiro atoms. The zero-order valence-electron chi connectivity index (χ0n) is 18.1. The Morgan fingerprint density at radius 1 is 1.26 bits per heavy atom. The van der Waals surface area contributed by atoms with E-state index in [0.717, 1.165) is 49.3 Å². The first-order valence-electron chi connectivity index (χ1n) is 11.1. The molecule has 0 saturated heterocycles. The Hall–Kier alpha value is -3.04. The van der Waals surface area contributed by atoms with E-state index in [1.165, 1.54) is 5.56 Å². The predicted octanol–water partition coefficient (Wildman–Crippen LogP) is 4.05. The number of carboxylic acids is 1. The number of nitrogens with one attached hydrogen (secondary N) is 3. The Kier molecular flexibility index (Phi) is 5.88. The zero-order chi connectivity index (χ0) is 22.0. The summed E-state index contributed by atoms with van der Waals surface area (Å²) in [5.41, 5.74) is 3.96. The van der Waals surface area contributed by atoms with Crippen molar-refractivity contribution in [2.24, 2.45) is 0 Å². The van der Waals surface area contributed by atoms with Crippen LogP contribution in [0, 0.1) is 11.3 Å². The molecule has 1 heterocycles. The van der Waals surface area contributed by atoms with Crippen molar-refractivity contribution in [3.8, 4) is 6.07 Å². The smallest absolute Gasteiger partial charge is 0.314 e. The van der Waals surface area contributed by atoms with Gasteiger partial charge in [0.1, 0.15) is 6.07 Å². The molecule has 0 unspecified atom stereocenters. The monoisotopic (exact) mass is 418 g/mol. The molecule has 31 heavy (non-hydrogen) atoms. The molecule has 2 aromatic carbocycles. The lowest BCUT2D eigenvalue weighted by Crippen LogP contribution is -2.48. The maximum Gasteiger partial charge on any atom is 0.314 e. The van der Waals surface area contributed by atoms with Crippen LogP contribution in [-0.4, -0.2) is 36.2 Å². The molecular formula is C25H30N4O2. The van der Waals surface area contributed by atoms with Crippen LogP contribution in [0.25, 0.3) is 0 Å². The summed E-state index contributed by atoms with van der Waals surface area (Å²) < 4.78 is 0. The third kappa shape index (κ3) is 3.98. The molecule has 0 aromatic heterocycles. The molecule has 1 aliphatic heterocycles. The minimum atomic E-state index is -0.704. The molecule has 0 bridgehead atoms. The third-order valence-corrected chi connectivity index (χ3v) is 7.03. The number of nitriles is 1. The van der Waals surface area contributed by atoms with Gasteiger partial charge >= 0.3 is 5.97 Å². The lowest BCUT2D eigenvalue weighted by molar-refractivity contribution is -0.147. The molecule has 6 heteroatoms. The molecule has 1 saturated carbocycles. The Bertz CT molecular complexity index is 992. The fourth-order valence-corrected chi connectivity index (χ4v) is 4.62. The van der Waals surface area contributed by atoms with Crippen LogP contribution in [0.3, 0.4) is 0 Å². The molecule has 2 aliphatic rings. The van der Waals surface area contributed by atoms with Crippen LogP contribution in [0.5, 0.6) is 0 Å². The van der Waals surface area contributed by atoms with E-state index in [2.05, 4.69) is 48.0 Å². The van der Waals surface area contributed by atoms with Crippen LogP contribution in [0.15, 0.2) is 42.5 Å². The van der Waals surface area contributed by atoms with Gasteiger partial charge in [-0.25, -0.2) is 0 Å². The largest absolute Gasteiger partial charge is 0.481 e. The van der Waals surface area contributed by atoms with Gasteiger partial charge in [0.25, 0.3) is 0 Å². The van der Waals surface area contributed by atoms with Crippen molar-refractivity contribution in [1.29, 1.82) is 5.26 Å². The zero-order valence-corrected chi connectivity index (χ0v) is 18.1. The number of para-hydroxylation sites is 1. The second-order valence-electron chi connectivity index (χ2n) is 8.93. The van der Waals surface area contributed by atoms with Crippen LogP contribution in [0.4, 0.5) is 11.4 Å². The number of nitrogens with zero attached hydrogens (tertiary/aromatic N) is 1. The summed E-state index contributed by atoms with van der Waals surface area (Å²) in [6.45, 7) is 5.94. The van der Waals surface area contributed by atoms with Gasteiger partial charge in [0.2, 0.25) is 0 Å². The molecule has 4 N–H and O–H groups in total. The standard InChI is InChI=1S/C25H30N4O2/c1-16(18-7-9-20(10-8-18)25(24(30)31)11-4-12-25)14-27-17(2)22-15-28-21-6-3-5-19(13-26)23(21)29-22/h3,5-10,16-17,22,27-29H,4,11-12,14-15H2,1-2H3,(H,30,31)/t16-,17+,22+/m0/s1. The van der Waals surface area contributed by atoms with E-state index in [4.69, 9.17) is 0 Å². The van der Waals surface area contributed by atoms with Gasteiger partial charge in [-0.1, -0.05) is 43.7 Å². The van der Waals surface area contributed by atoms with Crippen molar-refractivity contribution >= 4 is 17.3 Å². The summed E-state index contributed by atoms with van der Waals surface area (Å²) in [6, 6.07) is 16.5. The average molecular weight is 419 g/mol. The second kappa shape index (κ2) is 8.60. The lowest BCUT2D eigenvalue weighted by Gasteiger charge is -2.38. The van der Waals surface area contributed by atoms with E-state index >= 15 is 0 Å². The maximum atomic E-state index is 11.7. The van der Waals surface area contributed by atoms with Gasteiger partial charge in [-0.05, 0) is 48.9 Å². The first kappa shape index (κ1) is 21.2. The Labute approximate surface area is 183 Å². The van der Waals surface area contributed by atoms with Crippen molar-refractivity contribution < 1.29 is 9.90 Å². The average Bonchev–Trinajstić information content (AvgIpc) is 2.75. The number of rotatable bonds is 7. The van der Waals surface area contributed by atoms with Crippen LogP contribution < -0.4 is 16.0 Å². The van der Waals surface area contributed by atoms with E-state index in [-0.39, 0.29) is 12.1 Å². The molecule has 3 atom stereocenters. The minimum Gasteiger partial charge on any atom is -0.481 e. The summed E-state index contributed by atoms with van der Waals surface area (Å²) >= 11 is 0. The van der Waals surface area contributed by atoms with E-state index < -0.39 is 11.4 Å². The summed E-state index contributed by atoms with van der Waals surface area (Å²) in [5.74, 6) is -0.401. The molecule has 0 amide bonds. The van der Waals surface area contributed by atoms with Crippen LogP contribution >= 0.6 is 0 Å². The lowest BCUT2D eigenvalue weighted by atomic mass is 9.64. The van der Waals surface area contributed by atoms with Gasteiger partial charge < -0.3 is 21.1 Å². The topological polar surface area (TPSA) is 97.2 Å². The summed E-state index contributed by atoms with van der Waals surface area (Å²) in [4.78, 5) is 11.7. The molecule has 1 fully saturated rings. The van der Waals surface area contributed by atoms with Gasteiger partial charge in [-0.3, -0.25) is 4.79 Å². The highest BCUT2D eigenvalue weighted by Gasteiger charge is 2.45. The highest BCUT2D eigenvalue weighted by molar-refractivity contribution is 5.82. The van der Waals surface area contributed by atoms with Crippen LogP contribution in [-0.2, 0) is 10.2 Å². The molecular weight excluding hydrogens is 388 g/mol. The fraction of sp³-hybridized carbons (Fsp3) is 0.440. The van der Waals surface area contributed by atoms with E-state index in [1.807, 2.05) is 30.3 Å². The summed E-state index contributed by atoms with van der Waals surface area (Å²) in [7, 11) is 0. The first-order chi connectivity index (χ1) is 14.9. The molecule has 6 nitrogen and oxygen atoms in total. The van der Waals surface area contributed by atoms with E-state index in [9.17, 15) is 15.2 Å². The van der Waals surface area contributed by atoms with Crippen LogP contribution in [0.2, 0.25) is 0 Å². The van der Waals surface area contributed by atoms with Crippen molar-refractivity contribution in [3.05, 3.63) is 59.2 Å². The SMILES string of the molecule is C[C@@H](CN[C@H](C)[C@H]1CNc2cccc(C#N)c2N1)c1ccc(C2(C(=O)O)CCC2)cc1. The highest BCUT2D eigenvalue weighted by Crippen LogP contribution is 2.44. The number of aliphatic carboxylic acids is 1. The molecule has 2 aromatic rings. The molecule has 1 aliphatic carbocycles. The normalized spacial score (nSPS) is 20.7. The number of benzene rings is 2. The van der Waals surface area contributed by atoms with Gasteiger partial charge in [-0.2, -0.15) is 5.26 Å². The number of fused-ring (bicyclic) bond motifs is 1. The van der Waals surface area contributed by atoms with Crippen molar-refractivity contribution in [3.63, 3.8) is 0 Å². The number of carboxylic acid groups (broad SMARTS) is 1. The second-order valence-corrected chi connectivity index (χ2v) is 8.93. The van der Waals surface area contributed by atoms with Crippen molar-refractivity contribution in [2.45, 2.75) is 56.5 Å². The number of carbonyl (C=O) groups is 1. The maximum absolute atomic E-state index is 11.7. The fourth-order valence-electron chi connectivity index (χ4n) is 4.62. The predicted molar refractivity (Wildman–Crippen MR) is 123 cm³/mol. The third-order valence-electron chi connectivity index (χ3n) is 7.03.